The van der Waals surface area contributed by atoms with Gasteiger partial charge in [-0.1, -0.05) is 18.2 Å². The van der Waals surface area contributed by atoms with Crippen LogP contribution in [0.1, 0.15) is 23.1 Å². The molecule has 1 aromatic carbocycles. The SMILES string of the molecule is Cc1cc(N)cc([C@@H]2CN(Cc3ccccc3OCC(=O)O)CCO2)n1. The topological polar surface area (TPSA) is 97.9 Å². The van der Waals surface area contributed by atoms with Crippen molar-refractivity contribution in [2.45, 2.75) is 19.6 Å². The predicted octanol–water partition coefficient (Wildman–Crippen LogP) is 2.01. The van der Waals surface area contributed by atoms with E-state index in [0.29, 0.717) is 31.1 Å². The van der Waals surface area contributed by atoms with Crippen LogP contribution < -0.4 is 10.5 Å². The van der Waals surface area contributed by atoms with Gasteiger partial charge in [-0.15, -0.1) is 0 Å². The van der Waals surface area contributed by atoms with Crippen LogP contribution in [-0.2, 0) is 16.1 Å². The summed E-state index contributed by atoms with van der Waals surface area (Å²) in [6.45, 7) is 4.27. The molecule has 138 valence electrons. The summed E-state index contributed by atoms with van der Waals surface area (Å²) in [5.41, 5.74) is 9.26. The highest BCUT2D eigenvalue weighted by Gasteiger charge is 2.24. The largest absolute Gasteiger partial charge is 0.482 e. The third kappa shape index (κ3) is 4.71. The highest BCUT2D eigenvalue weighted by Crippen LogP contribution is 2.26. The van der Waals surface area contributed by atoms with E-state index in [1.165, 1.54) is 0 Å². The predicted molar refractivity (Wildman–Crippen MR) is 96.9 cm³/mol. The number of nitrogens with two attached hydrogens (primary N) is 1. The fourth-order valence-corrected chi connectivity index (χ4v) is 3.07. The quantitative estimate of drug-likeness (QED) is 0.816. The number of hydrogen-bond acceptors (Lipinski definition) is 6. The van der Waals surface area contributed by atoms with E-state index in [0.717, 1.165) is 23.5 Å². The Morgan fingerprint density at radius 3 is 3.00 bits per heavy atom. The van der Waals surface area contributed by atoms with E-state index >= 15 is 0 Å². The van der Waals surface area contributed by atoms with E-state index in [4.69, 9.17) is 20.3 Å². The van der Waals surface area contributed by atoms with Crippen molar-refractivity contribution in [3.8, 4) is 5.75 Å². The number of morpholine rings is 1. The molecule has 7 heteroatoms. The summed E-state index contributed by atoms with van der Waals surface area (Å²) in [6, 6.07) is 11.2. The Labute approximate surface area is 152 Å². The first-order valence-corrected chi connectivity index (χ1v) is 8.52. The minimum absolute atomic E-state index is 0.141. The second-order valence-corrected chi connectivity index (χ2v) is 6.35. The zero-order chi connectivity index (χ0) is 18.5. The van der Waals surface area contributed by atoms with E-state index in [1.807, 2.05) is 37.3 Å². The number of rotatable bonds is 6. The van der Waals surface area contributed by atoms with Crippen LogP contribution in [0.5, 0.6) is 5.75 Å². The van der Waals surface area contributed by atoms with E-state index in [1.54, 1.807) is 6.07 Å². The van der Waals surface area contributed by atoms with E-state index in [9.17, 15) is 4.79 Å². The number of ether oxygens (including phenoxy) is 2. The van der Waals surface area contributed by atoms with Crippen molar-refractivity contribution in [1.29, 1.82) is 0 Å². The molecule has 26 heavy (non-hydrogen) atoms. The Kier molecular flexibility index (Phi) is 5.70. The summed E-state index contributed by atoms with van der Waals surface area (Å²) in [6.07, 6.45) is -0.141. The van der Waals surface area contributed by atoms with Gasteiger partial charge in [0, 0.05) is 36.6 Å². The molecule has 1 aliphatic heterocycles. The van der Waals surface area contributed by atoms with Crippen molar-refractivity contribution in [3.05, 3.63) is 53.3 Å². The summed E-state index contributed by atoms with van der Waals surface area (Å²) in [5, 5.41) is 8.82. The van der Waals surface area contributed by atoms with Crippen LogP contribution in [0.25, 0.3) is 0 Å². The Morgan fingerprint density at radius 1 is 1.42 bits per heavy atom. The average molecular weight is 357 g/mol. The van der Waals surface area contributed by atoms with Gasteiger partial charge in [0.15, 0.2) is 6.61 Å². The van der Waals surface area contributed by atoms with Crippen LogP contribution >= 0.6 is 0 Å². The fraction of sp³-hybridized carbons (Fsp3) is 0.368. The van der Waals surface area contributed by atoms with Crippen molar-refractivity contribution >= 4 is 11.7 Å². The molecule has 1 aromatic heterocycles. The first-order valence-electron chi connectivity index (χ1n) is 8.52. The van der Waals surface area contributed by atoms with Crippen molar-refractivity contribution < 1.29 is 19.4 Å². The molecule has 2 aromatic rings. The normalized spacial score (nSPS) is 17.8. The summed E-state index contributed by atoms with van der Waals surface area (Å²) in [4.78, 5) is 17.6. The van der Waals surface area contributed by atoms with E-state index in [-0.39, 0.29) is 12.7 Å². The second kappa shape index (κ2) is 8.16. The lowest BCUT2D eigenvalue weighted by Gasteiger charge is -2.33. The van der Waals surface area contributed by atoms with Gasteiger partial charge in [-0.05, 0) is 25.1 Å². The maximum absolute atomic E-state index is 10.8. The molecule has 0 radical (unpaired) electrons. The number of nitrogens with zero attached hydrogens (tertiary/aromatic N) is 2. The number of anilines is 1. The summed E-state index contributed by atoms with van der Waals surface area (Å²) in [7, 11) is 0. The molecule has 2 heterocycles. The van der Waals surface area contributed by atoms with Crippen LogP contribution in [0.15, 0.2) is 36.4 Å². The molecule has 3 rings (SSSR count). The van der Waals surface area contributed by atoms with Gasteiger partial charge in [-0.3, -0.25) is 9.88 Å². The number of carboxylic acids is 1. The molecule has 0 spiro atoms. The highest BCUT2D eigenvalue weighted by molar-refractivity contribution is 5.68. The van der Waals surface area contributed by atoms with Gasteiger partial charge in [-0.25, -0.2) is 4.79 Å². The first-order chi connectivity index (χ1) is 12.5. The van der Waals surface area contributed by atoms with E-state index in [2.05, 4.69) is 9.88 Å². The monoisotopic (exact) mass is 357 g/mol. The lowest BCUT2D eigenvalue weighted by atomic mass is 10.1. The summed E-state index contributed by atoms with van der Waals surface area (Å²) in [5.74, 6) is -0.398. The maximum atomic E-state index is 10.8. The van der Waals surface area contributed by atoms with Crippen LogP contribution in [-0.4, -0.2) is 47.3 Å². The summed E-state index contributed by atoms with van der Waals surface area (Å²) < 4.78 is 11.3. The number of hydrogen-bond donors (Lipinski definition) is 2. The number of carboxylic acid groups (broad SMARTS) is 1. The van der Waals surface area contributed by atoms with Gasteiger partial charge >= 0.3 is 5.97 Å². The minimum Gasteiger partial charge on any atom is -0.482 e. The van der Waals surface area contributed by atoms with Gasteiger partial charge in [0.2, 0.25) is 0 Å². The fourth-order valence-electron chi connectivity index (χ4n) is 3.07. The Balaban J connectivity index is 1.70. The maximum Gasteiger partial charge on any atom is 0.341 e. The zero-order valence-corrected chi connectivity index (χ0v) is 14.7. The molecule has 1 atom stereocenters. The minimum atomic E-state index is -0.991. The van der Waals surface area contributed by atoms with Crippen LogP contribution in [0.2, 0.25) is 0 Å². The number of para-hydroxylation sites is 1. The molecule has 0 unspecified atom stereocenters. The highest BCUT2D eigenvalue weighted by atomic mass is 16.5. The average Bonchev–Trinajstić information content (AvgIpc) is 2.60. The van der Waals surface area contributed by atoms with Gasteiger partial charge in [0.1, 0.15) is 11.9 Å². The first kappa shape index (κ1) is 18.2. The molecule has 0 saturated carbocycles. The number of nitrogen functional groups attached to an aromatic ring is 1. The second-order valence-electron chi connectivity index (χ2n) is 6.35. The van der Waals surface area contributed by atoms with Crippen LogP contribution in [0, 0.1) is 6.92 Å². The number of aromatic nitrogens is 1. The van der Waals surface area contributed by atoms with Gasteiger partial charge in [-0.2, -0.15) is 0 Å². The molecule has 0 aliphatic carbocycles. The molecule has 7 nitrogen and oxygen atoms in total. The van der Waals surface area contributed by atoms with Crippen molar-refractivity contribution in [2.75, 3.05) is 32.0 Å². The Morgan fingerprint density at radius 2 is 2.23 bits per heavy atom. The Hall–Kier alpha value is -2.64. The number of aryl methyl sites for hydroxylation is 1. The lowest BCUT2D eigenvalue weighted by Crippen LogP contribution is -2.38. The molecular formula is C19H23N3O4. The van der Waals surface area contributed by atoms with Crippen LogP contribution in [0.4, 0.5) is 5.69 Å². The molecule has 1 aliphatic rings. The molecule has 1 fully saturated rings. The van der Waals surface area contributed by atoms with E-state index < -0.39 is 5.97 Å². The molecule has 1 saturated heterocycles. The van der Waals surface area contributed by atoms with Crippen molar-refractivity contribution in [1.82, 2.24) is 9.88 Å². The standard InChI is InChI=1S/C19H23N3O4/c1-13-8-15(20)9-16(21-13)18-11-22(6-7-25-18)10-14-4-2-3-5-17(14)26-12-19(23)24/h2-5,8-9,18H,6-7,10-12H2,1H3,(H2,20,21)(H,23,24)/t18-/m0/s1. The summed E-state index contributed by atoms with van der Waals surface area (Å²) >= 11 is 0. The molecular weight excluding hydrogens is 334 g/mol. The van der Waals surface area contributed by atoms with Crippen molar-refractivity contribution in [2.24, 2.45) is 0 Å². The lowest BCUT2D eigenvalue weighted by molar-refractivity contribution is -0.139. The molecule has 0 bridgehead atoms. The molecule has 3 N–H and O–H groups in total. The van der Waals surface area contributed by atoms with Crippen molar-refractivity contribution in [3.63, 3.8) is 0 Å². The van der Waals surface area contributed by atoms with Gasteiger partial charge in [0.05, 0.1) is 12.3 Å². The molecule has 0 amide bonds. The smallest absolute Gasteiger partial charge is 0.341 e. The number of carbonyl (C=O) groups is 1. The van der Waals surface area contributed by atoms with Gasteiger partial charge in [0.25, 0.3) is 0 Å². The zero-order valence-electron chi connectivity index (χ0n) is 14.7. The Bertz CT molecular complexity index is 761. The van der Waals surface area contributed by atoms with Crippen LogP contribution in [0.3, 0.4) is 0 Å². The number of benzene rings is 1. The third-order valence-electron chi connectivity index (χ3n) is 4.19. The number of pyridine rings is 1. The third-order valence-corrected chi connectivity index (χ3v) is 4.19. The van der Waals surface area contributed by atoms with Gasteiger partial charge < -0.3 is 20.3 Å². The number of aliphatic carboxylic acids is 1.